The molecule has 0 aliphatic carbocycles. The summed E-state index contributed by atoms with van der Waals surface area (Å²) in [7, 11) is 0. The fraction of sp³-hybridized carbons (Fsp3) is 0.900. The maximum Gasteiger partial charge on any atom is 0.303 e. The van der Waals surface area contributed by atoms with Gasteiger partial charge in [-0.25, -0.2) is 0 Å². The Morgan fingerprint density at radius 3 is 1.29 bits per heavy atom. The number of rotatable bonds is 18. The van der Waals surface area contributed by atoms with Crippen molar-refractivity contribution >= 4 is 11.9 Å². The smallest absolute Gasteiger partial charge is 0.303 e. The maximum atomic E-state index is 10.4. The van der Waals surface area contributed by atoms with E-state index < -0.39 is 11.9 Å². The van der Waals surface area contributed by atoms with E-state index in [0.717, 1.165) is 31.6 Å². The van der Waals surface area contributed by atoms with Crippen molar-refractivity contribution in [1.29, 1.82) is 0 Å². The average Bonchev–Trinajstić information content (AvgIpc) is 2.53. The Morgan fingerprint density at radius 1 is 0.625 bits per heavy atom. The lowest BCUT2D eigenvalue weighted by atomic mass is 9.92. The lowest BCUT2D eigenvalue weighted by molar-refractivity contribution is -0.138. The van der Waals surface area contributed by atoms with Gasteiger partial charge in [-0.05, 0) is 18.8 Å². The third kappa shape index (κ3) is 17.3. The first-order valence-corrected chi connectivity index (χ1v) is 9.99. The van der Waals surface area contributed by atoms with Crippen LogP contribution >= 0.6 is 0 Å². The Labute approximate surface area is 148 Å². The van der Waals surface area contributed by atoms with Gasteiger partial charge in [0.25, 0.3) is 0 Å². The van der Waals surface area contributed by atoms with Crippen LogP contribution in [-0.4, -0.2) is 22.2 Å². The van der Waals surface area contributed by atoms with Gasteiger partial charge >= 0.3 is 11.9 Å². The van der Waals surface area contributed by atoms with E-state index >= 15 is 0 Å². The van der Waals surface area contributed by atoms with Gasteiger partial charge in [-0.2, -0.15) is 0 Å². The number of unbranched alkanes of at least 4 members (excludes halogenated alkanes) is 9. The predicted octanol–water partition coefficient (Wildman–Crippen LogP) is 6.03. The van der Waals surface area contributed by atoms with Crippen LogP contribution in [0.25, 0.3) is 0 Å². The highest BCUT2D eigenvalue weighted by Gasteiger charge is 2.06. The minimum absolute atomic E-state index is 0.313. The van der Waals surface area contributed by atoms with Gasteiger partial charge in [0, 0.05) is 12.8 Å². The Bertz CT molecular complexity index is 315. The Balaban J connectivity index is 3.36. The summed E-state index contributed by atoms with van der Waals surface area (Å²) in [6, 6.07) is 0. The van der Waals surface area contributed by atoms with Crippen LogP contribution in [0.1, 0.15) is 110 Å². The second kappa shape index (κ2) is 16.8. The molecule has 142 valence electrons. The molecule has 0 aromatic carbocycles. The SMILES string of the molecule is CCC(CCCCCCCCCC(=O)O)CCCCCCC(=O)O. The molecule has 0 aliphatic rings. The molecular weight excluding hydrogens is 304 g/mol. The highest BCUT2D eigenvalue weighted by atomic mass is 16.4. The van der Waals surface area contributed by atoms with Gasteiger partial charge in [-0.3, -0.25) is 9.59 Å². The second-order valence-corrected chi connectivity index (χ2v) is 7.03. The van der Waals surface area contributed by atoms with Crippen LogP contribution in [0.4, 0.5) is 0 Å². The van der Waals surface area contributed by atoms with Gasteiger partial charge in [0.05, 0.1) is 0 Å². The first kappa shape index (κ1) is 22.9. The van der Waals surface area contributed by atoms with E-state index in [-0.39, 0.29) is 0 Å². The van der Waals surface area contributed by atoms with E-state index in [9.17, 15) is 9.59 Å². The molecule has 0 saturated carbocycles. The maximum absolute atomic E-state index is 10.4. The zero-order chi connectivity index (χ0) is 18.0. The van der Waals surface area contributed by atoms with E-state index in [1.165, 1.54) is 64.2 Å². The van der Waals surface area contributed by atoms with Crippen LogP contribution in [0.5, 0.6) is 0 Å². The number of hydrogen-bond acceptors (Lipinski definition) is 2. The minimum atomic E-state index is -0.678. The monoisotopic (exact) mass is 342 g/mol. The summed E-state index contributed by atoms with van der Waals surface area (Å²) < 4.78 is 0. The van der Waals surface area contributed by atoms with Gasteiger partial charge in [0.15, 0.2) is 0 Å². The summed E-state index contributed by atoms with van der Waals surface area (Å²) in [4.78, 5) is 20.8. The minimum Gasteiger partial charge on any atom is -0.481 e. The Morgan fingerprint density at radius 2 is 0.958 bits per heavy atom. The molecule has 0 spiro atoms. The quantitative estimate of drug-likeness (QED) is 0.298. The fourth-order valence-corrected chi connectivity index (χ4v) is 3.21. The van der Waals surface area contributed by atoms with Crippen LogP contribution in [0.15, 0.2) is 0 Å². The van der Waals surface area contributed by atoms with E-state index in [1.54, 1.807) is 0 Å². The van der Waals surface area contributed by atoms with Crippen LogP contribution in [0.3, 0.4) is 0 Å². The molecule has 0 aromatic heterocycles. The molecule has 1 atom stereocenters. The molecule has 2 N–H and O–H groups in total. The third-order valence-corrected chi connectivity index (χ3v) is 4.83. The highest BCUT2D eigenvalue weighted by Crippen LogP contribution is 2.21. The van der Waals surface area contributed by atoms with Crippen molar-refractivity contribution in [2.24, 2.45) is 5.92 Å². The topological polar surface area (TPSA) is 74.6 Å². The molecule has 0 aromatic rings. The molecule has 1 unspecified atom stereocenters. The van der Waals surface area contributed by atoms with Crippen molar-refractivity contribution in [2.75, 3.05) is 0 Å². The van der Waals surface area contributed by atoms with Crippen molar-refractivity contribution < 1.29 is 19.8 Å². The van der Waals surface area contributed by atoms with E-state index in [4.69, 9.17) is 10.2 Å². The zero-order valence-electron chi connectivity index (χ0n) is 15.6. The van der Waals surface area contributed by atoms with Crippen molar-refractivity contribution in [3.05, 3.63) is 0 Å². The standard InChI is InChI=1S/C20H38O4/c1-2-18(15-11-8-9-13-17-20(23)24)14-10-6-4-3-5-7-12-16-19(21)22/h18H,2-17H2,1H3,(H,21,22)(H,23,24). The molecular formula is C20H38O4. The summed E-state index contributed by atoms with van der Waals surface area (Å²) in [5, 5.41) is 17.2. The first-order chi connectivity index (χ1) is 11.6. The number of carboxylic acids is 2. The second-order valence-electron chi connectivity index (χ2n) is 7.03. The highest BCUT2D eigenvalue weighted by molar-refractivity contribution is 5.66. The van der Waals surface area contributed by atoms with Gasteiger partial charge in [-0.1, -0.05) is 84.0 Å². The summed E-state index contributed by atoms with van der Waals surface area (Å²) in [5.41, 5.74) is 0. The molecule has 4 nitrogen and oxygen atoms in total. The van der Waals surface area contributed by atoms with Crippen molar-refractivity contribution in [1.82, 2.24) is 0 Å². The normalized spacial score (nSPS) is 12.2. The van der Waals surface area contributed by atoms with E-state index in [1.807, 2.05) is 0 Å². The summed E-state index contributed by atoms with van der Waals surface area (Å²) in [6.45, 7) is 2.28. The molecule has 0 radical (unpaired) electrons. The summed E-state index contributed by atoms with van der Waals surface area (Å²) in [6.07, 6.45) is 16.9. The van der Waals surface area contributed by atoms with E-state index in [0.29, 0.717) is 12.8 Å². The summed E-state index contributed by atoms with van der Waals surface area (Å²) >= 11 is 0. The van der Waals surface area contributed by atoms with Crippen LogP contribution in [-0.2, 0) is 9.59 Å². The number of aliphatic carboxylic acids is 2. The molecule has 0 bridgehead atoms. The molecule has 0 fully saturated rings. The van der Waals surface area contributed by atoms with Gasteiger partial charge in [0.2, 0.25) is 0 Å². The molecule has 0 amide bonds. The lowest BCUT2D eigenvalue weighted by Gasteiger charge is -2.14. The predicted molar refractivity (Wildman–Crippen MR) is 98.3 cm³/mol. The molecule has 0 aliphatic heterocycles. The fourth-order valence-electron chi connectivity index (χ4n) is 3.21. The Hall–Kier alpha value is -1.06. The molecule has 0 rings (SSSR count). The van der Waals surface area contributed by atoms with Crippen LogP contribution < -0.4 is 0 Å². The first-order valence-electron chi connectivity index (χ1n) is 9.99. The third-order valence-electron chi connectivity index (χ3n) is 4.83. The van der Waals surface area contributed by atoms with Gasteiger partial charge in [-0.15, -0.1) is 0 Å². The summed E-state index contributed by atoms with van der Waals surface area (Å²) in [5.74, 6) is -0.522. The van der Waals surface area contributed by atoms with E-state index in [2.05, 4.69) is 6.92 Å². The van der Waals surface area contributed by atoms with Crippen molar-refractivity contribution in [3.8, 4) is 0 Å². The number of carbonyl (C=O) groups is 2. The lowest BCUT2D eigenvalue weighted by Crippen LogP contribution is -1.99. The zero-order valence-corrected chi connectivity index (χ0v) is 15.6. The van der Waals surface area contributed by atoms with Gasteiger partial charge < -0.3 is 10.2 Å². The van der Waals surface area contributed by atoms with Crippen molar-refractivity contribution in [3.63, 3.8) is 0 Å². The van der Waals surface area contributed by atoms with Crippen LogP contribution in [0.2, 0.25) is 0 Å². The largest absolute Gasteiger partial charge is 0.481 e. The van der Waals surface area contributed by atoms with Crippen LogP contribution in [0, 0.1) is 5.92 Å². The number of hydrogen-bond donors (Lipinski definition) is 2. The van der Waals surface area contributed by atoms with Gasteiger partial charge in [0.1, 0.15) is 0 Å². The number of carboxylic acid groups (broad SMARTS) is 2. The molecule has 24 heavy (non-hydrogen) atoms. The molecule has 4 heteroatoms. The average molecular weight is 343 g/mol. The molecule has 0 saturated heterocycles. The Kier molecular flexibility index (Phi) is 16.0. The molecule has 0 heterocycles. The van der Waals surface area contributed by atoms with Crippen molar-refractivity contribution in [2.45, 2.75) is 110 Å².